The van der Waals surface area contributed by atoms with E-state index in [1.54, 1.807) is 23.4 Å². The summed E-state index contributed by atoms with van der Waals surface area (Å²) in [4.78, 5) is 24.6. The topological polar surface area (TPSA) is 117 Å². The van der Waals surface area contributed by atoms with E-state index in [9.17, 15) is 10.1 Å². The summed E-state index contributed by atoms with van der Waals surface area (Å²) >= 11 is 0. The molecule has 2 rings (SSSR count). The molecule has 0 saturated heterocycles. The van der Waals surface area contributed by atoms with Crippen LogP contribution >= 0.6 is 0 Å². The summed E-state index contributed by atoms with van der Waals surface area (Å²) in [5, 5.41) is 23.5. The van der Waals surface area contributed by atoms with Crippen molar-refractivity contribution in [3.63, 3.8) is 0 Å². The van der Waals surface area contributed by atoms with Gasteiger partial charge in [-0.3, -0.25) is 15.1 Å². The first-order chi connectivity index (χ1) is 11.2. The number of aliphatic hydroxyl groups is 1. The molecule has 2 aromatic heterocycles. The first-order valence-electron chi connectivity index (χ1n) is 7.15. The molecule has 0 spiro atoms. The van der Waals surface area contributed by atoms with Crippen molar-refractivity contribution in [3.05, 3.63) is 46.5 Å². The van der Waals surface area contributed by atoms with Crippen molar-refractivity contribution < 1.29 is 10.0 Å². The average molecular weight is 318 g/mol. The van der Waals surface area contributed by atoms with Gasteiger partial charge in [0.1, 0.15) is 6.33 Å². The number of aromatic nitrogens is 3. The summed E-state index contributed by atoms with van der Waals surface area (Å²) in [6, 6.07) is 3.65. The highest BCUT2D eigenvalue weighted by Gasteiger charge is 2.26. The summed E-state index contributed by atoms with van der Waals surface area (Å²) in [6.45, 7) is 2.83. The van der Waals surface area contributed by atoms with E-state index in [4.69, 9.17) is 5.11 Å². The van der Waals surface area contributed by atoms with Gasteiger partial charge < -0.3 is 15.3 Å². The minimum atomic E-state index is -0.513. The largest absolute Gasteiger partial charge is 0.395 e. The first kappa shape index (κ1) is 16.6. The minimum Gasteiger partial charge on any atom is -0.395 e. The van der Waals surface area contributed by atoms with Crippen molar-refractivity contribution in [1.82, 2.24) is 15.0 Å². The Morgan fingerprint density at radius 2 is 2.26 bits per heavy atom. The lowest BCUT2D eigenvalue weighted by Gasteiger charge is -2.20. The molecule has 0 amide bonds. The van der Waals surface area contributed by atoms with Gasteiger partial charge in [-0.2, -0.15) is 0 Å². The Kier molecular flexibility index (Phi) is 5.75. The van der Waals surface area contributed by atoms with Crippen LogP contribution in [0.25, 0.3) is 0 Å². The maximum absolute atomic E-state index is 11.5. The van der Waals surface area contributed by atoms with Gasteiger partial charge in [0.2, 0.25) is 11.6 Å². The van der Waals surface area contributed by atoms with Gasteiger partial charge in [0.15, 0.2) is 0 Å². The Bertz CT molecular complexity index is 652. The number of aliphatic hydroxyl groups excluding tert-OH is 1. The molecule has 2 aromatic rings. The van der Waals surface area contributed by atoms with Crippen LogP contribution in [-0.2, 0) is 6.54 Å². The Balaban J connectivity index is 2.30. The number of nitrogens with one attached hydrogen (secondary N) is 1. The zero-order valence-electron chi connectivity index (χ0n) is 12.7. The molecule has 2 N–H and O–H groups in total. The molecule has 0 atom stereocenters. The van der Waals surface area contributed by atoms with Crippen LogP contribution in [0.2, 0.25) is 0 Å². The van der Waals surface area contributed by atoms with E-state index in [1.165, 1.54) is 6.33 Å². The van der Waals surface area contributed by atoms with E-state index in [0.717, 1.165) is 5.56 Å². The van der Waals surface area contributed by atoms with Crippen molar-refractivity contribution in [1.29, 1.82) is 0 Å². The Labute approximate surface area is 133 Å². The van der Waals surface area contributed by atoms with Crippen LogP contribution in [0.1, 0.15) is 12.5 Å². The summed E-state index contributed by atoms with van der Waals surface area (Å²) in [5.41, 5.74) is 0.677. The standard InChI is InChI=1S/C14H18N6O3/c1-2-19(6-7-21)14-12(20(22)23)13(17-10-18-14)16-9-11-4-3-5-15-8-11/h3-5,8,10,21H,2,6-7,9H2,1H3,(H,16,17,18). The number of hydrogen-bond acceptors (Lipinski definition) is 8. The zero-order valence-corrected chi connectivity index (χ0v) is 12.7. The lowest BCUT2D eigenvalue weighted by molar-refractivity contribution is -0.383. The highest BCUT2D eigenvalue weighted by Crippen LogP contribution is 2.31. The molecule has 0 bridgehead atoms. The van der Waals surface area contributed by atoms with Crippen LogP contribution in [0, 0.1) is 10.1 Å². The molecule has 122 valence electrons. The molecule has 0 radical (unpaired) electrons. The lowest BCUT2D eigenvalue weighted by atomic mass is 10.3. The average Bonchev–Trinajstić information content (AvgIpc) is 2.58. The first-order valence-corrected chi connectivity index (χ1v) is 7.15. The van der Waals surface area contributed by atoms with Gasteiger partial charge >= 0.3 is 5.69 Å². The Morgan fingerprint density at radius 3 is 2.87 bits per heavy atom. The highest BCUT2D eigenvalue weighted by molar-refractivity contribution is 5.70. The molecule has 0 aliphatic carbocycles. The third kappa shape index (κ3) is 4.10. The van der Waals surface area contributed by atoms with Crippen molar-refractivity contribution in [2.75, 3.05) is 29.9 Å². The van der Waals surface area contributed by atoms with Gasteiger partial charge in [0.25, 0.3) is 0 Å². The fraction of sp³-hybridized carbons (Fsp3) is 0.357. The van der Waals surface area contributed by atoms with Gasteiger partial charge in [0, 0.05) is 32.0 Å². The van der Waals surface area contributed by atoms with Crippen LogP contribution < -0.4 is 10.2 Å². The highest BCUT2D eigenvalue weighted by atomic mass is 16.6. The number of anilines is 2. The maximum Gasteiger partial charge on any atom is 0.353 e. The van der Waals surface area contributed by atoms with Crippen LogP contribution in [0.3, 0.4) is 0 Å². The number of nitro groups is 1. The third-order valence-electron chi connectivity index (χ3n) is 3.22. The van der Waals surface area contributed by atoms with Crippen molar-refractivity contribution >= 4 is 17.3 Å². The Hall–Kier alpha value is -2.81. The second-order valence-corrected chi connectivity index (χ2v) is 4.67. The molecule has 0 saturated carbocycles. The molecule has 23 heavy (non-hydrogen) atoms. The monoisotopic (exact) mass is 318 g/mol. The lowest BCUT2D eigenvalue weighted by Crippen LogP contribution is -2.28. The van der Waals surface area contributed by atoms with Gasteiger partial charge in [-0.15, -0.1) is 0 Å². The predicted octanol–water partition coefficient (Wildman–Crippen LogP) is 1.21. The third-order valence-corrected chi connectivity index (χ3v) is 3.22. The fourth-order valence-electron chi connectivity index (χ4n) is 2.12. The number of pyridine rings is 1. The van der Waals surface area contributed by atoms with Crippen molar-refractivity contribution in [2.45, 2.75) is 13.5 Å². The molecule has 0 aliphatic rings. The van der Waals surface area contributed by atoms with E-state index < -0.39 is 4.92 Å². The number of nitrogens with zero attached hydrogens (tertiary/aromatic N) is 5. The SMILES string of the molecule is CCN(CCO)c1ncnc(NCc2cccnc2)c1[N+](=O)[O-]. The Morgan fingerprint density at radius 1 is 1.43 bits per heavy atom. The second-order valence-electron chi connectivity index (χ2n) is 4.67. The van der Waals surface area contributed by atoms with Crippen LogP contribution in [-0.4, -0.2) is 44.7 Å². The smallest absolute Gasteiger partial charge is 0.353 e. The van der Waals surface area contributed by atoms with Crippen LogP contribution in [0.5, 0.6) is 0 Å². The summed E-state index contributed by atoms with van der Waals surface area (Å²) in [6.07, 6.45) is 4.60. The molecule has 9 heteroatoms. The van der Waals surface area contributed by atoms with Crippen LogP contribution in [0.15, 0.2) is 30.9 Å². The zero-order chi connectivity index (χ0) is 16.7. The predicted molar refractivity (Wildman–Crippen MR) is 85.2 cm³/mol. The molecule has 0 aliphatic heterocycles. The van der Waals surface area contributed by atoms with E-state index in [0.29, 0.717) is 13.1 Å². The molecule has 9 nitrogen and oxygen atoms in total. The molecular weight excluding hydrogens is 300 g/mol. The van der Waals surface area contributed by atoms with Gasteiger partial charge in [0.05, 0.1) is 11.5 Å². The quantitative estimate of drug-likeness (QED) is 0.551. The summed E-state index contributed by atoms with van der Waals surface area (Å²) < 4.78 is 0. The van der Waals surface area contributed by atoms with E-state index in [1.807, 2.05) is 13.0 Å². The number of hydrogen-bond donors (Lipinski definition) is 2. The molecule has 0 unspecified atom stereocenters. The maximum atomic E-state index is 11.5. The van der Waals surface area contributed by atoms with Gasteiger partial charge in [-0.05, 0) is 18.6 Å². The van der Waals surface area contributed by atoms with E-state index >= 15 is 0 Å². The normalized spacial score (nSPS) is 10.3. The van der Waals surface area contributed by atoms with Gasteiger partial charge in [-0.25, -0.2) is 9.97 Å². The van der Waals surface area contributed by atoms with Gasteiger partial charge in [-0.1, -0.05) is 6.07 Å². The number of likely N-dealkylation sites (N-methyl/N-ethyl adjacent to an activating group) is 1. The second kappa shape index (κ2) is 7.99. The van der Waals surface area contributed by atoms with E-state index in [-0.39, 0.29) is 30.5 Å². The molecular formula is C14H18N6O3. The molecule has 2 heterocycles. The van der Waals surface area contributed by atoms with Crippen molar-refractivity contribution in [2.24, 2.45) is 0 Å². The fourth-order valence-corrected chi connectivity index (χ4v) is 2.12. The van der Waals surface area contributed by atoms with Crippen LogP contribution in [0.4, 0.5) is 17.3 Å². The minimum absolute atomic E-state index is 0.118. The van der Waals surface area contributed by atoms with E-state index in [2.05, 4.69) is 20.3 Å². The number of rotatable bonds is 8. The molecule has 0 aromatic carbocycles. The van der Waals surface area contributed by atoms with Crippen molar-refractivity contribution in [3.8, 4) is 0 Å². The summed E-state index contributed by atoms with van der Waals surface area (Å²) in [5.74, 6) is 0.329. The summed E-state index contributed by atoms with van der Waals surface area (Å²) in [7, 11) is 0. The molecule has 0 fully saturated rings.